The van der Waals surface area contributed by atoms with E-state index in [0.29, 0.717) is 5.56 Å². The molecule has 0 fully saturated rings. The topological polar surface area (TPSA) is 53.6 Å². The van der Waals surface area contributed by atoms with Crippen molar-refractivity contribution in [2.24, 2.45) is 0 Å². The molecule has 8 heteroatoms. The van der Waals surface area contributed by atoms with Crippen LogP contribution in [0.1, 0.15) is 22.7 Å². The molecule has 1 unspecified atom stereocenters. The van der Waals surface area contributed by atoms with E-state index in [9.17, 15) is 17.6 Å². The van der Waals surface area contributed by atoms with Gasteiger partial charge in [0, 0.05) is 11.8 Å². The van der Waals surface area contributed by atoms with Crippen molar-refractivity contribution in [3.8, 4) is 0 Å². The number of aromatic amines is 1. The van der Waals surface area contributed by atoms with Gasteiger partial charge in [0.15, 0.2) is 0 Å². The van der Waals surface area contributed by atoms with Crippen molar-refractivity contribution in [2.75, 3.05) is 5.32 Å². The third-order valence-electron chi connectivity index (χ3n) is 3.45. The molecule has 4 nitrogen and oxygen atoms in total. The largest absolute Gasteiger partial charge is 0.416 e. The van der Waals surface area contributed by atoms with Gasteiger partial charge in [-0.05, 0) is 23.8 Å². The molecule has 0 saturated carbocycles. The minimum Gasteiger partial charge on any atom is -0.359 e. The lowest BCUT2D eigenvalue weighted by Gasteiger charge is -2.22. The van der Waals surface area contributed by atoms with Gasteiger partial charge < -0.3 is 5.32 Å². The molecule has 124 valence electrons. The summed E-state index contributed by atoms with van der Waals surface area (Å²) in [6.45, 7) is 0. The Hall–Kier alpha value is -2.90. The van der Waals surface area contributed by atoms with Crippen LogP contribution in [-0.4, -0.2) is 15.2 Å². The molecule has 3 aromatic rings. The van der Waals surface area contributed by atoms with E-state index in [1.165, 1.54) is 42.7 Å². The standard InChI is InChI=1S/C16H12F4N4/c17-11-5-6-14(21-9-11)24-15(10-7-22-23-8-10)12-3-1-2-4-13(12)16(18,19)20/h1-9,15H,(H,21,24)(H,22,23). The number of H-pyrrole nitrogens is 1. The van der Waals surface area contributed by atoms with Crippen LogP contribution < -0.4 is 5.32 Å². The lowest BCUT2D eigenvalue weighted by Crippen LogP contribution is -2.18. The van der Waals surface area contributed by atoms with Gasteiger partial charge in [0.25, 0.3) is 0 Å². The monoisotopic (exact) mass is 336 g/mol. The molecule has 2 heterocycles. The molecule has 24 heavy (non-hydrogen) atoms. The summed E-state index contributed by atoms with van der Waals surface area (Å²) in [7, 11) is 0. The number of hydrogen-bond acceptors (Lipinski definition) is 3. The van der Waals surface area contributed by atoms with Crippen molar-refractivity contribution in [3.63, 3.8) is 0 Å². The van der Waals surface area contributed by atoms with Crippen LogP contribution in [0.2, 0.25) is 0 Å². The molecule has 0 bridgehead atoms. The van der Waals surface area contributed by atoms with E-state index in [2.05, 4.69) is 20.5 Å². The van der Waals surface area contributed by atoms with Crippen LogP contribution in [0.15, 0.2) is 55.0 Å². The number of anilines is 1. The molecule has 0 aliphatic carbocycles. The lowest BCUT2D eigenvalue weighted by molar-refractivity contribution is -0.138. The van der Waals surface area contributed by atoms with Gasteiger partial charge in [-0.1, -0.05) is 18.2 Å². The highest BCUT2D eigenvalue weighted by Gasteiger charge is 2.35. The van der Waals surface area contributed by atoms with Crippen LogP contribution in [-0.2, 0) is 6.18 Å². The zero-order valence-corrected chi connectivity index (χ0v) is 12.2. The highest BCUT2D eigenvalue weighted by molar-refractivity contribution is 5.46. The summed E-state index contributed by atoms with van der Waals surface area (Å²) >= 11 is 0. The maximum atomic E-state index is 13.3. The van der Waals surface area contributed by atoms with Gasteiger partial charge in [-0.3, -0.25) is 5.10 Å². The SMILES string of the molecule is Fc1ccc(NC(c2cn[nH]c2)c2ccccc2C(F)(F)F)nc1. The molecule has 1 atom stereocenters. The van der Waals surface area contributed by atoms with Gasteiger partial charge >= 0.3 is 6.18 Å². The Bertz CT molecular complexity index is 798. The number of nitrogens with zero attached hydrogens (tertiary/aromatic N) is 2. The van der Waals surface area contributed by atoms with E-state index in [4.69, 9.17) is 0 Å². The molecule has 0 radical (unpaired) electrons. The van der Waals surface area contributed by atoms with Crippen molar-refractivity contribution in [1.29, 1.82) is 0 Å². The van der Waals surface area contributed by atoms with E-state index in [1.54, 1.807) is 0 Å². The fourth-order valence-electron chi connectivity index (χ4n) is 2.38. The average Bonchev–Trinajstić information content (AvgIpc) is 3.08. The van der Waals surface area contributed by atoms with Gasteiger partial charge in [0.1, 0.15) is 11.6 Å². The van der Waals surface area contributed by atoms with Crippen molar-refractivity contribution >= 4 is 5.82 Å². The van der Waals surface area contributed by atoms with Crippen LogP contribution in [0, 0.1) is 5.82 Å². The number of aromatic nitrogens is 3. The zero-order chi connectivity index (χ0) is 17.2. The van der Waals surface area contributed by atoms with Crippen LogP contribution in [0.25, 0.3) is 0 Å². The lowest BCUT2D eigenvalue weighted by atomic mass is 9.96. The molecule has 1 aromatic carbocycles. The van der Waals surface area contributed by atoms with Crippen molar-refractivity contribution < 1.29 is 17.6 Å². The summed E-state index contributed by atoms with van der Waals surface area (Å²) in [5.41, 5.74) is -0.235. The quantitative estimate of drug-likeness (QED) is 0.703. The number of benzene rings is 1. The highest BCUT2D eigenvalue weighted by atomic mass is 19.4. The molecule has 3 rings (SSSR count). The zero-order valence-electron chi connectivity index (χ0n) is 12.2. The predicted octanol–water partition coefficient (Wildman–Crippen LogP) is 4.16. The van der Waals surface area contributed by atoms with Gasteiger partial charge in [0.2, 0.25) is 0 Å². The molecular formula is C16H12F4N4. The highest BCUT2D eigenvalue weighted by Crippen LogP contribution is 2.37. The minimum atomic E-state index is -4.50. The molecule has 0 aliphatic heterocycles. The first-order chi connectivity index (χ1) is 11.4. The number of rotatable bonds is 4. The molecule has 2 aromatic heterocycles. The Labute approximate surface area is 134 Å². The Morgan fingerprint density at radius 2 is 1.83 bits per heavy atom. The second kappa shape index (κ2) is 6.31. The molecule has 0 amide bonds. The third kappa shape index (κ3) is 3.37. The van der Waals surface area contributed by atoms with Crippen molar-refractivity contribution in [3.05, 3.63) is 77.5 Å². The number of nitrogens with one attached hydrogen (secondary N) is 2. The first-order valence-electron chi connectivity index (χ1n) is 6.98. The second-order valence-electron chi connectivity index (χ2n) is 5.06. The molecule has 2 N–H and O–H groups in total. The van der Waals surface area contributed by atoms with E-state index in [-0.39, 0.29) is 11.4 Å². The second-order valence-corrected chi connectivity index (χ2v) is 5.06. The maximum absolute atomic E-state index is 13.3. The summed E-state index contributed by atoms with van der Waals surface area (Å²) in [4.78, 5) is 3.85. The van der Waals surface area contributed by atoms with Crippen LogP contribution in [0.3, 0.4) is 0 Å². The van der Waals surface area contributed by atoms with Gasteiger partial charge in [-0.15, -0.1) is 0 Å². The van der Waals surface area contributed by atoms with E-state index in [1.807, 2.05) is 0 Å². The van der Waals surface area contributed by atoms with E-state index < -0.39 is 23.6 Å². The summed E-state index contributed by atoms with van der Waals surface area (Å²) < 4.78 is 53.0. The first-order valence-corrected chi connectivity index (χ1v) is 6.98. The van der Waals surface area contributed by atoms with Crippen molar-refractivity contribution in [2.45, 2.75) is 12.2 Å². The minimum absolute atomic E-state index is 0.0255. The van der Waals surface area contributed by atoms with Gasteiger partial charge in [-0.25, -0.2) is 9.37 Å². The fourth-order valence-corrected chi connectivity index (χ4v) is 2.38. The molecule has 0 aliphatic rings. The number of hydrogen-bond donors (Lipinski definition) is 2. The van der Waals surface area contributed by atoms with Crippen LogP contribution in [0.4, 0.5) is 23.4 Å². The molecule has 0 saturated heterocycles. The third-order valence-corrected chi connectivity index (χ3v) is 3.45. The van der Waals surface area contributed by atoms with E-state index >= 15 is 0 Å². The fraction of sp³-hybridized carbons (Fsp3) is 0.125. The van der Waals surface area contributed by atoms with E-state index in [0.717, 1.165) is 12.3 Å². The number of halogens is 4. The van der Waals surface area contributed by atoms with Gasteiger partial charge in [0.05, 0.1) is 24.0 Å². The Morgan fingerprint density at radius 1 is 1.04 bits per heavy atom. The Balaban J connectivity index is 2.05. The average molecular weight is 336 g/mol. The molecular weight excluding hydrogens is 324 g/mol. The Morgan fingerprint density at radius 3 is 2.46 bits per heavy atom. The summed E-state index contributed by atoms with van der Waals surface area (Å²) in [5, 5.41) is 9.27. The first kappa shape index (κ1) is 16.0. The summed E-state index contributed by atoms with van der Waals surface area (Å²) in [6.07, 6.45) is -0.594. The van der Waals surface area contributed by atoms with Crippen LogP contribution >= 0.6 is 0 Å². The Kier molecular flexibility index (Phi) is 4.20. The number of alkyl halides is 3. The normalized spacial score (nSPS) is 12.8. The summed E-state index contributed by atoms with van der Waals surface area (Å²) in [5.74, 6) is -0.282. The van der Waals surface area contributed by atoms with Crippen LogP contribution in [0.5, 0.6) is 0 Å². The van der Waals surface area contributed by atoms with Crippen molar-refractivity contribution in [1.82, 2.24) is 15.2 Å². The van der Waals surface area contributed by atoms with Gasteiger partial charge in [-0.2, -0.15) is 18.3 Å². The number of pyridine rings is 1. The smallest absolute Gasteiger partial charge is 0.359 e. The maximum Gasteiger partial charge on any atom is 0.416 e. The summed E-state index contributed by atoms with van der Waals surface area (Å²) in [6, 6.07) is 6.95. The molecule has 0 spiro atoms. The predicted molar refractivity (Wildman–Crippen MR) is 79.7 cm³/mol.